The highest BCUT2D eigenvalue weighted by Gasteiger charge is 2.14. The number of ether oxygens (including phenoxy) is 2. The third-order valence-electron chi connectivity index (χ3n) is 4.13. The van der Waals surface area contributed by atoms with E-state index in [1.807, 2.05) is 32.0 Å². The summed E-state index contributed by atoms with van der Waals surface area (Å²) in [6, 6.07) is 17.8. The molecule has 0 unspecified atom stereocenters. The lowest BCUT2D eigenvalue weighted by Gasteiger charge is -2.24. The molecule has 0 saturated carbocycles. The molecule has 0 aliphatic heterocycles. The summed E-state index contributed by atoms with van der Waals surface area (Å²) in [5.74, 6) is 1.67. The van der Waals surface area contributed by atoms with Crippen LogP contribution in [0.5, 0.6) is 11.5 Å². The van der Waals surface area contributed by atoms with E-state index in [2.05, 4.69) is 52.7 Å². The van der Waals surface area contributed by atoms with Crippen LogP contribution in [-0.4, -0.2) is 32.2 Å². The number of nitrogens with zero attached hydrogens (tertiary/aromatic N) is 2. The highest BCUT2D eigenvalue weighted by atomic mass is 32.2. The second-order valence-electron chi connectivity index (χ2n) is 6.09. The first-order chi connectivity index (χ1) is 15.6. The van der Waals surface area contributed by atoms with Crippen molar-refractivity contribution < 1.29 is 14.3 Å². The van der Waals surface area contributed by atoms with E-state index in [1.54, 1.807) is 50.7 Å². The van der Waals surface area contributed by atoms with Crippen LogP contribution in [0.1, 0.15) is 26.3 Å². The Morgan fingerprint density at radius 1 is 1.06 bits per heavy atom. The molecule has 0 atom stereocenters. The largest absolute Gasteiger partial charge is 0.497 e. The number of aryl methyl sites for hydroxylation is 1. The smallest absolute Gasteiger partial charge is 0.211 e. The molecule has 7 heteroatoms. The molecule has 3 aromatic rings. The van der Waals surface area contributed by atoms with Gasteiger partial charge in [0.25, 0.3) is 0 Å². The fraction of sp³-hybridized carbons (Fsp3) is 0.280. The Morgan fingerprint density at radius 2 is 1.81 bits per heavy atom. The van der Waals surface area contributed by atoms with Crippen molar-refractivity contribution in [3.8, 4) is 11.5 Å². The summed E-state index contributed by atoms with van der Waals surface area (Å²) >= 11 is 1.71. The van der Waals surface area contributed by atoms with Gasteiger partial charge in [0, 0.05) is 23.7 Å². The highest BCUT2D eigenvalue weighted by Crippen LogP contribution is 2.38. The Kier molecular flexibility index (Phi) is 13.1. The number of amides is 1. The molecule has 1 amide bonds. The summed E-state index contributed by atoms with van der Waals surface area (Å²) in [6.45, 7) is 9.12. The molecule has 3 rings (SSSR count). The van der Waals surface area contributed by atoms with E-state index < -0.39 is 0 Å². The summed E-state index contributed by atoms with van der Waals surface area (Å²) in [5, 5.41) is 2.46. The summed E-state index contributed by atoms with van der Waals surface area (Å²) in [5.41, 5.74) is 3.00. The molecule has 2 aromatic carbocycles. The van der Waals surface area contributed by atoms with Gasteiger partial charge in [0.1, 0.15) is 11.5 Å². The van der Waals surface area contributed by atoms with Crippen LogP contribution in [0.4, 0.5) is 11.4 Å². The first kappa shape index (κ1) is 26.8. The summed E-state index contributed by atoms with van der Waals surface area (Å²) in [7, 11) is 3.37. The molecule has 0 radical (unpaired) electrons. The number of pyridine rings is 1. The first-order valence-corrected chi connectivity index (χ1v) is 11.2. The zero-order chi connectivity index (χ0) is 23.8. The number of nitrogens with one attached hydrogen (secondary N) is 1. The molecule has 0 saturated heterocycles. The first-order valence-electron chi connectivity index (χ1n) is 10.5. The molecule has 1 aromatic heterocycles. The Hall–Kier alpha value is -3.19. The third kappa shape index (κ3) is 8.51. The number of carbonyl (C=O) groups is 1. The molecule has 0 fully saturated rings. The van der Waals surface area contributed by atoms with E-state index in [1.165, 1.54) is 10.5 Å². The van der Waals surface area contributed by atoms with Crippen molar-refractivity contribution in [1.82, 2.24) is 4.98 Å². The maximum atomic E-state index is 9.84. The number of rotatable bonds is 8. The van der Waals surface area contributed by atoms with E-state index in [0.29, 0.717) is 12.1 Å². The molecule has 1 N–H and O–H groups in total. The number of hydrogen-bond acceptors (Lipinski definition) is 6. The van der Waals surface area contributed by atoms with Crippen LogP contribution in [0.25, 0.3) is 0 Å². The highest BCUT2D eigenvalue weighted by molar-refractivity contribution is 8.00. The minimum absolute atomic E-state index is 0.622. The predicted molar refractivity (Wildman–Crippen MR) is 135 cm³/mol. The van der Waals surface area contributed by atoms with E-state index >= 15 is 0 Å². The molecule has 0 aliphatic carbocycles. The van der Waals surface area contributed by atoms with Crippen molar-refractivity contribution in [2.24, 2.45) is 0 Å². The predicted octanol–water partition coefficient (Wildman–Crippen LogP) is 6.22. The van der Waals surface area contributed by atoms with Crippen molar-refractivity contribution in [3.63, 3.8) is 0 Å². The van der Waals surface area contributed by atoms with Gasteiger partial charge in [0.05, 0.1) is 31.8 Å². The van der Waals surface area contributed by atoms with Crippen molar-refractivity contribution >= 4 is 29.7 Å². The maximum Gasteiger partial charge on any atom is 0.211 e. The number of carbonyl (C=O) groups excluding carboxylic acids is 1. The topological polar surface area (TPSA) is 63.7 Å². The van der Waals surface area contributed by atoms with Gasteiger partial charge in [0.15, 0.2) is 0 Å². The number of hydrogen-bond donors (Lipinski definition) is 1. The summed E-state index contributed by atoms with van der Waals surface area (Å²) in [4.78, 5) is 14.9. The number of anilines is 2. The van der Waals surface area contributed by atoms with Crippen LogP contribution in [0, 0.1) is 6.92 Å². The second kappa shape index (κ2) is 15.6. The maximum absolute atomic E-state index is 9.84. The Bertz CT molecular complexity index is 923. The molecule has 1 heterocycles. The number of methoxy groups -OCH3 is 2. The van der Waals surface area contributed by atoms with Gasteiger partial charge in [-0.15, -0.1) is 0 Å². The number of aromatic nitrogens is 1. The van der Waals surface area contributed by atoms with Gasteiger partial charge in [-0.05, 0) is 61.7 Å². The van der Waals surface area contributed by atoms with Crippen LogP contribution in [0.2, 0.25) is 0 Å². The lowest BCUT2D eigenvalue weighted by atomic mass is 10.2. The average molecular weight is 456 g/mol. The molecule has 0 spiro atoms. The zero-order valence-corrected chi connectivity index (χ0v) is 20.5. The molecule has 32 heavy (non-hydrogen) atoms. The van der Waals surface area contributed by atoms with Gasteiger partial charge in [-0.2, -0.15) is 0 Å². The Morgan fingerprint density at radius 3 is 2.38 bits per heavy atom. The van der Waals surface area contributed by atoms with E-state index in [9.17, 15) is 4.79 Å². The SMILES string of the molecule is CC.CCN(Sc1ccccc1C)c1cc(OC)ccc1OC.O=CNc1cccnc1. The minimum Gasteiger partial charge on any atom is -0.497 e. The average Bonchev–Trinajstić information content (AvgIpc) is 2.85. The molecule has 0 bridgehead atoms. The minimum atomic E-state index is 0.622. The molecule has 172 valence electrons. The van der Waals surface area contributed by atoms with Gasteiger partial charge >= 0.3 is 0 Å². The Labute approximate surface area is 196 Å². The second-order valence-corrected chi connectivity index (χ2v) is 7.16. The quantitative estimate of drug-likeness (QED) is 0.321. The van der Waals surface area contributed by atoms with Gasteiger partial charge < -0.3 is 19.1 Å². The van der Waals surface area contributed by atoms with Crippen molar-refractivity contribution in [2.45, 2.75) is 32.6 Å². The van der Waals surface area contributed by atoms with Crippen LogP contribution in [0.3, 0.4) is 0 Å². The van der Waals surface area contributed by atoms with Crippen molar-refractivity contribution in [2.75, 3.05) is 30.4 Å². The van der Waals surface area contributed by atoms with Gasteiger partial charge in [-0.25, -0.2) is 0 Å². The monoisotopic (exact) mass is 455 g/mol. The van der Waals surface area contributed by atoms with Crippen molar-refractivity contribution in [1.29, 1.82) is 0 Å². The lowest BCUT2D eigenvalue weighted by molar-refractivity contribution is -0.105. The normalized spacial score (nSPS) is 9.31. The van der Waals surface area contributed by atoms with Crippen molar-refractivity contribution in [3.05, 3.63) is 72.6 Å². The molecular weight excluding hydrogens is 422 g/mol. The van der Waals surface area contributed by atoms with Crippen LogP contribution >= 0.6 is 11.9 Å². The lowest BCUT2D eigenvalue weighted by Crippen LogP contribution is -2.14. The zero-order valence-electron chi connectivity index (χ0n) is 19.7. The van der Waals surface area contributed by atoms with E-state index in [4.69, 9.17) is 9.47 Å². The van der Waals surface area contributed by atoms with E-state index in [-0.39, 0.29) is 0 Å². The number of benzene rings is 2. The molecule has 0 aliphatic rings. The third-order valence-corrected chi connectivity index (χ3v) is 5.46. The Balaban J connectivity index is 0.000000388. The fourth-order valence-electron chi connectivity index (χ4n) is 2.57. The molecular formula is C25H33N3O3S. The van der Waals surface area contributed by atoms with Crippen LogP contribution in [-0.2, 0) is 4.79 Å². The van der Waals surface area contributed by atoms with Gasteiger partial charge in [0.2, 0.25) is 6.41 Å². The van der Waals surface area contributed by atoms with E-state index in [0.717, 1.165) is 23.7 Å². The van der Waals surface area contributed by atoms with Gasteiger partial charge in [-0.1, -0.05) is 32.0 Å². The summed E-state index contributed by atoms with van der Waals surface area (Å²) < 4.78 is 13.0. The fourth-order valence-corrected chi connectivity index (χ4v) is 3.53. The standard InChI is InChI=1S/C17H21NO2S.C6H6N2O.C2H6/c1-5-18(21-17-9-7-6-8-13(17)2)15-12-14(19-3)10-11-16(15)20-4;9-5-8-6-2-1-3-7-4-6;1-2/h6-12H,5H2,1-4H3;1-5H,(H,8,9);1-2H3. The summed E-state index contributed by atoms with van der Waals surface area (Å²) in [6.07, 6.45) is 3.85. The van der Waals surface area contributed by atoms with Gasteiger partial charge in [-0.3, -0.25) is 9.78 Å². The van der Waals surface area contributed by atoms with Crippen LogP contribution in [0.15, 0.2) is 71.9 Å². The van der Waals surface area contributed by atoms with Crippen LogP contribution < -0.4 is 19.1 Å². The molecule has 6 nitrogen and oxygen atoms in total.